The summed E-state index contributed by atoms with van der Waals surface area (Å²) in [5.41, 5.74) is -6.53. The minimum Gasteiger partial charge on any atom is -0.151 e. The van der Waals surface area contributed by atoms with Crippen LogP contribution >= 0.6 is 44.3 Å². The molecule has 0 aromatic rings. The summed E-state index contributed by atoms with van der Waals surface area (Å²) in [5.74, 6) is 0. The average Bonchev–Trinajstić information content (AvgIpc) is 2.25. The summed E-state index contributed by atoms with van der Waals surface area (Å²) < 4.78 is 0. The molecule has 0 unspecified atom stereocenters. The van der Waals surface area contributed by atoms with Crippen LogP contribution in [-0.2, 0) is 0 Å². The molecule has 0 bridgehead atoms. The normalized spacial score (nSPS) is 17.1. The third-order valence-electron chi connectivity index (χ3n) is 8.09. The molecule has 0 aromatic carbocycles. The monoisotopic (exact) mass is 594 g/mol. The maximum Gasteiger partial charge on any atom is 0.260 e. The lowest BCUT2D eigenvalue weighted by molar-refractivity contribution is 0.551. The fourth-order valence-corrected chi connectivity index (χ4v) is 135. The van der Waals surface area contributed by atoms with Crippen LogP contribution in [-0.4, -0.2) is 26.6 Å². The Morgan fingerprint density at radius 1 is 0.281 bits per heavy atom. The SMILES string of the molecule is CC(C)(C)[Si](C(C)(C)C)(C(C)(C)C)[Si](Cl)(Cl)[Si](Cl)(Cl)[Si](C(C)(C)C)(C(C)(C)C)C(C)(C)C. The van der Waals surface area contributed by atoms with Crippen LogP contribution in [0.3, 0.4) is 0 Å². The van der Waals surface area contributed by atoms with Gasteiger partial charge in [-0.25, -0.2) is 0 Å². The molecule has 0 aliphatic carbocycles. The Balaban J connectivity index is 8.24. The molecule has 0 aromatic heterocycles. The number of hydrogen-bond donors (Lipinski definition) is 0. The first-order chi connectivity index (χ1) is 13.2. The van der Waals surface area contributed by atoms with Gasteiger partial charge in [-0.15, -0.1) is 0 Å². The number of halogens is 4. The zero-order valence-electron chi connectivity index (χ0n) is 24.5. The lowest BCUT2D eigenvalue weighted by Crippen LogP contribution is -2.88. The average molecular weight is 597 g/mol. The van der Waals surface area contributed by atoms with Crippen molar-refractivity contribution in [1.82, 2.24) is 0 Å². The topological polar surface area (TPSA) is 0 Å². The highest BCUT2D eigenvalue weighted by molar-refractivity contribution is 8.18. The van der Waals surface area contributed by atoms with Crippen molar-refractivity contribution in [2.45, 2.75) is 155 Å². The summed E-state index contributed by atoms with van der Waals surface area (Å²) >= 11 is 32.4. The Morgan fingerprint density at radius 3 is 0.438 bits per heavy atom. The Labute approximate surface area is 224 Å². The second-order valence-corrected chi connectivity index (χ2v) is 62.5. The fraction of sp³-hybridized carbons (Fsp3) is 1.00. The predicted octanol–water partition coefficient (Wildman–Crippen LogP) is 11.8. The van der Waals surface area contributed by atoms with E-state index in [-0.39, 0.29) is 30.2 Å². The van der Waals surface area contributed by atoms with Crippen LogP contribution in [0.2, 0.25) is 30.2 Å². The molecular formula is C24H54Cl4Si4. The highest BCUT2D eigenvalue weighted by Crippen LogP contribution is 2.75. The summed E-state index contributed by atoms with van der Waals surface area (Å²) in [7, 11) is -5.21. The van der Waals surface area contributed by atoms with Gasteiger partial charge in [0.25, 0.3) is 11.5 Å². The molecule has 0 rings (SSSR count). The third-order valence-corrected chi connectivity index (χ3v) is 91.1. The first-order valence-electron chi connectivity index (χ1n) is 12.0. The molecule has 0 atom stereocenters. The van der Waals surface area contributed by atoms with Gasteiger partial charge in [-0.2, -0.15) is 44.3 Å². The van der Waals surface area contributed by atoms with Crippen molar-refractivity contribution in [3.63, 3.8) is 0 Å². The van der Waals surface area contributed by atoms with Crippen LogP contribution in [0.5, 0.6) is 0 Å². The molecule has 0 saturated heterocycles. The molecule has 8 heteroatoms. The molecule has 32 heavy (non-hydrogen) atoms. The van der Waals surface area contributed by atoms with E-state index in [1.54, 1.807) is 0 Å². The first kappa shape index (κ1) is 34.0. The highest BCUT2D eigenvalue weighted by atomic mass is 35.8. The summed E-state index contributed by atoms with van der Waals surface area (Å²) in [5, 5.41) is -0.363. The number of rotatable bonds is 3. The lowest BCUT2D eigenvalue weighted by Gasteiger charge is -2.70. The van der Waals surface area contributed by atoms with Gasteiger partial charge < -0.3 is 0 Å². The molecule has 0 nitrogen and oxygen atoms in total. The minimum atomic E-state index is -3.27. The molecular weight excluding hydrogens is 542 g/mol. The van der Waals surface area contributed by atoms with E-state index < -0.39 is 26.6 Å². The van der Waals surface area contributed by atoms with Crippen LogP contribution < -0.4 is 0 Å². The van der Waals surface area contributed by atoms with Crippen LogP contribution in [0.1, 0.15) is 125 Å². The van der Waals surface area contributed by atoms with Gasteiger partial charge in [0.1, 0.15) is 0 Å². The van der Waals surface area contributed by atoms with Crippen LogP contribution in [0.4, 0.5) is 0 Å². The van der Waals surface area contributed by atoms with Gasteiger partial charge in [-0.1, -0.05) is 125 Å². The highest BCUT2D eigenvalue weighted by Gasteiger charge is 2.85. The first-order valence-corrected chi connectivity index (χ1v) is 27.1. The van der Waals surface area contributed by atoms with E-state index in [9.17, 15) is 0 Å². The quantitative estimate of drug-likeness (QED) is 0.225. The molecule has 0 aliphatic heterocycles. The van der Waals surface area contributed by atoms with Gasteiger partial charge >= 0.3 is 0 Å². The number of hydrogen-bond acceptors (Lipinski definition) is 0. The maximum atomic E-state index is 8.11. The maximum absolute atomic E-state index is 8.11. The van der Waals surface area contributed by atoms with Crippen molar-refractivity contribution in [2.24, 2.45) is 0 Å². The van der Waals surface area contributed by atoms with Crippen LogP contribution in [0.25, 0.3) is 0 Å². The van der Waals surface area contributed by atoms with Crippen molar-refractivity contribution in [2.75, 3.05) is 0 Å². The lowest BCUT2D eigenvalue weighted by atomic mass is 10.2. The van der Waals surface area contributed by atoms with Gasteiger partial charge in [0.15, 0.2) is 0 Å². The van der Waals surface area contributed by atoms with E-state index in [4.69, 9.17) is 44.3 Å². The van der Waals surface area contributed by atoms with Gasteiger partial charge in [-0.05, 0) is 30.2 Å². The third kappa shape index (κ3) is 4.47. The molecule has 194 valence electrons. The van der Waals surface area contributed by atoms with Crippen molar-refractivity contribution >= 4 is 71.0 Å². The van der Waals surface area contributed by atoms with Crippen LogP contribution in [0.15, 0.2) is 0 Å². The summed E-state index contributed by atoms with van der Waals surface area (Å²) in [6, 6.07) is 0. The predicted molar refractivity (Wildman–Crippen MR) is 165 cm³/mol. The van der Waals surface area contributed by atoms with Crippen molar-refractivity contribution in [1.29, 1.82) is 0 Å². The molecule has 0 fully saturated rings. The van der Waals surface area contributed by atoms with E-state index in [1.807, 2.05) is 0 Å². The second-order valence-electron chi connectivity index (χ2n) is 16.1. The zero-order chi connectivity index (χ0) is 27.0. The molecule has 0 N–H and O–H groups in total. The Kier molecular flexibility index (Phi) is 9.36. The van der Waals surface area contributed by atoms with Gasteiger partial charge in [0.05, 0.1) is 15.2 Å². The minimum absolute atomic E-state index is 0.0605. The van der Waals surface area contributed by atoms with Crippen molar-refractivity contribution in [3.05, 3.63) is 0 Å². The van der Waals surface area contributed by atoms with E-state index in [2.05, 4.69) is 125 Å². The van der Waals surface area contributed by atoms with E-state index in [0.29, 0.717) is 0 Å². The smallest absolute Gasteiger partial charge is 0.151 e. The standard InChI is InChI=1S/C24H54Cl4Si4/c1-19(2,3)29(20(4,5)6,21(7,8)9)31(25,26)32(27,28)30(22(10,11)12,23(13,14)15)24(16,17)18/h1-18H3. The summed E-state index contributed by atoms with van der Waals surface area (Å²) in [6.45, 7) is 42.4. The zero-order valence-corrected chi connectivity index (χ0v) is 31.5. The van der Waals surface area contributed by atoms with Crippen LogP contribution in [0, 0.1) is 0 Å². The molecule has 0 spiro atoms. The largest absolute Gasteiger partial charge is 0.260 e. The van der Waals surface area contributed by atoms with E-state index >= 15 is 0 Å². The molecule has 0 saturated carbocycles. The Bertz CT molecular complexity index is 542. The van der Waals surface area contributed by atoms with Crippen molar-refractivity contribution in [3.8, 4) is 0 Å². The fourth-order valence-electron chi connectivity index (χ4n) is 10.0. The van der Waals surface area contributed by atoms with Gasteiger partial charge in [-0.3, -0.25) is 0 Å². The molecule has 0 amide bonds. The summed E-state index contributed by atoms with van der Waals surface area (Å²) in [4.78, 5) is 0. The van der Waals surface area contributed by atoms with Crippen molar-refractivity contribution < 1.29 is 0 Å². The van der Waals surface area contributed by atoms with E-state index in [0.717, 1.165) is 0 Å². The van der Waals surface area contributed by atoms with Gasteiger partial charge in [0.2, 0.25) is 0 Å². The molecule has 0 radical (unpaired) electrons. The Hall–Kier alpha value is 2.03. The van der Waals surface area contributed by atoms with Gasteiger partial charge in [0, 0.05) is 0 Å². The molecule has 0 heterocycles. The summed E-state index contributed by atoms with van der Waals surface area (Å²) in [6.07, 6.45) is 0. The van der Waals surface area contributed by atoms with E-state index in [1.165, 1.54) is 0 Å². The molecule has 0 aliphatic rings. The Morgan fingerprint density at radius 2 is 0.375 bits per heavy atom. The second kappa shape index (κ2) is 8.81.